The Balaban J connectivity index is 1.74. The summed E-state index contributed by atoms with van der Waals surface area (Å²) in [4.78, 5) is 0. The molecular weight excluding hydrogens is 513 g/mol. The van der Waals surface area contributed by atoms with Crippen molar-refractivity contribution in [3.8, 4) is 0 Å². The molecule has 2 unspecified atom stereocenters. The molecule has 39 heavy (non-hydrogen) atoms. The van der Waals surface area contributed by atoms with Gasteiger partial charge in [0.25, 0.3) is 0 Å². The quantitative estimate of drug-likeness (QED) is 0.302. The van der Waals surface area contributed by atoms with E-state index in [1.807, 2.05) is 0 Å². The lowest BCUT2D eigenvalue weighted by molar-refractivity contribution is 0.589. The van der Waals surface area contributed by atoms with Gasteiger partial charge in [-0.15, -0.1) is 0 Å². The molecule has 0 amide bonds. The summed E-state index contributed by atoms with van der Waals surface area (Å²) < 4.78 is 17.0. The molecular formula is C35H42NOPS. The summed E-state index contributed by atoms with van der Waals surface area (Å²) in [6, 6.07) is 30.7. The molecule has 0 fully saturated rings. The largest absolute Gasteiger partial charge is 0.242 e. The summed E-state index contributed by atoms with van der Waals surface area (Å²) in [5.74, 6) is 0. The maximum absolute atomic E-state index is 13.7. The lowest BCUT2D eigenvalue weighted by Gasteiger charge is -2.35. The van der Waals surface area contributed by atoms with Crippen molar-refractivity contribution >= 4 is 29.8 Å². The first-order valence-electron chi connectivity index (χ1n) is 14.0. The third-order valence-corrected chi connectivity index (χ3v) is 13.0. The Bertz CT molecular complexity index is 1440. The Morgan fingerprint density at radius 1 is 0.821 bits per heavy atom. The van der Waals surface area contributed by atoms with Crippen LogP contribution in [0.25, 0.3) is 10.9 Å². The minimum Gasteiger partial charge on any atom is -0.242 e. The van der Waals surface area contributed by atoms with Crippen molar-refractivity contribution in [1.82, 2.24) is 4.72 Å². The molecule has 4 atom stereocenters. The number of fused-ring (bicyclic) bond motifs is 2. The number of allylic oxidation sites excluding steroid dienone is 2. The van der Waals surface area contributed by atoms with Crippen LogP contribution in [0.3, 0.4) is 0 Å². The Morgan fingerprint density at radius 2 is 1.36 bits per heavy atom. The van der Waals surface area contributed by atoms with Crippen molar-refractivity contribution in [2.45, 2.75) is 71.6 Å². The molecule has 2 heterocycles. The highest BCUT2D eigenvalue weighted by atomic mass is 32.2. The third-order valence-electron chi connectivity index (χ3n) is 8.30. The second kappa shape index (κ2) is 10.3. The van der Waals surface area contributed by atoms with Crippen molar-refractivity contribution in [3.05, 3.63) is 118 Å². The standard InChI is InChI=1S/C35H42NOPS/c1-24-31(27-17-13-10-14-18-27)38-23-35(24,8)29(25-15-11-9-12-16-25)32(38)30(36-39(37)34(5,6)7)26-19-21-28(22-20-26)33(2,3)4/h9-22,30,36H,23H2,1-8H3/t30-,35?,38?,39+/m0/s1. The van der Waals surface area contributed by atoms with Crippen molar-refractivity contribution < 1.29 is 4.21 Å². The van der Waals surface area contributed by atoms with Gasteiger partial charge in [0.1, 0.15) is 0 Å². The maximum atomic E-state index is 13.7. The lowest BCUT2D eigenvalue weighted by Crippen LogP contribution is -2.36. The van der Waals surface area contributed by atoms with Crippen LogP contribution in [0.5, 0.6) is 0 Å². The van der Waals surface area contributed by atoms with E-state index < -0.39 is 18.9 Å². The monoisotopic (exact) mass is 555 g/mol. The molecule has 4 heteroatoms. The van der Waals surface area contributed by atoms with Gasteiger partial charge in [0, 0.05) is 5.41 Å². The zero-order chi connectivity index (χ0) is 28.2. The summed E-state index contributed by atoms with van der Waals surface area (Å²) in [7, 11) is -1.85. The molecule has 0 spiro atoms. The van der Waals surface area contributed by atoms with E-state index in [0.717, 1.165) is 6.16 Å². The first-order valence-corrected chi connectivity index (χ1v) is 16.6. The first kappa shape index (κ1) is 28.2. The second-order valence-electron chi connectivity index (χ2n) is 13.2. The highest BCUT2D eigenvalue weighted by Gasteiger charge is 2.54. The minimum atomic E-state index is -1.23. The zero-order valence-corrected chi connectivity index (χ0v) is 26.3. The summed E-state index contributed by atoms with van der Waals surface area (Å²) in [6.45, 7) is 17.7. The molecule has 0 radical (unpaired) electrons. The smallest absolute Gasteiger partial charge is 0.0979 e. The van der Waals surface area contributed by atoms with Gasteiger partial charge in [-0.25, -0.2) is 8.93 Å². The summed E-state index contributed by atoms with van der Waals surface area (Å²) in [5.41, 5.74) is 8.05. The average Bonchev–Trinajstić information content (AvgIpc) is 3.34. The number of nitrogens with one attached hydrogen (secondary N) is 1. The predicted octanol–water partition coefficient (Wildman–Crippen LogP) is 9.43. The van der Waals surface area contributed by atoms with E-state index >= 15 is 0 Å². The SMILES string of the molecule is CC1=C(c2ccccc2)P2CC1(C)C(c1ccccc1)=C2[C@@H](N[S@](=O)C(C)(C)C)c1ccc(C(C)(C)C)cc1. The van der Waals surface area contributed by atoms with Crippen molar-refractivity contribution in [2.75, 3.05) is 6.16 Å². The van der Waals surface area contributed by atoms with Gasteiger partial charge >= 0.3 is 0 Å². The van der Waals surface area contributed by atoms with E-state index in [0.29, 0.717) is 0 Å². The molecule has 204 valence electrons. The van der Waals surface area contributed by atoms with E-state index in [9.17, 15) is 4.21 Å². The topological polar surface area (TPSA) is 29.1 Å². The van der Waals surface area contributed by atoms with Gasteiger partial charge in [0.05, 0.1) is 21.8 Å². The van der Waals surface area contributed by atoms with Crippen LogP contribution >= 0.6 is 7.92 Å². The van der Waals surface area contributed by atoms with E-state index in [2.05, 4.69) is 145 Å². The molecule has 0 aromatic heterocycles. The van der Waals surface area contributed by atoms with Gasteiger partial charge in [-0.05, 0) is 85.6 Å². The van der Waals surface area contributed by atoms with Crippen LogP contribution in [0.2, 0.25) is 0 Å². The fourth-order valence-corrected chi connectivity index (χ4v) is 10.7. The molecule has 2 aliphatic rings. The Morgan fingerprint density at radius 3 is 1.87 bits per heavy atom. The molecule has 3 aromatic carbocycles. The molecule has 0 aliphatic carbocycles. The normalized spacial score (nSPS) is 22.9. The van der Waals surface area contributed by atoms with E-state index in [1.54, 1.807) is 0 Å². The Labute approximate surface area is 239 Å². The van der Waals surface area contributed by atoms with E-state index in [-0.39, 0.29) is 21.6 Å². The maximum Gasteiger partial charge on any atom is 0.0979 e. The van der Waals surface area contributed by atoms with Crippen LogP contribution in [-0.2, 0) is 16.4 Å². The summed E-state index contributed by atoms with van der Waals surface area (Å²) in [5, 5.41) is 2.94. The highest BCUT2D eigenvalue weighted by Crippen LogP contribution is 2.79. The Hall–Kier alpha value is -2.32. The Kier molecular flexibility index (Phi) is 7.42. The first-order chi connectivity index (χ1) is 18.3. The molecule has 2 nitrogen and oxygen atoms in total. The van der Waals surface area contributed by atoms with Crippen molar-refractivity contribution in [3.63, 3.8) is 0 Å². The van der Waals surface area contributed by atoms with Gasteiger partial charge < -0.3 is 0 Å². The van der Waals surface area contributed by atoms with Crippen LogP contribution in [-0.4, -0.2) is 15.1 Å². The zero-order valence-electron chi connectivity index (χ0n) is 24.6. The van der Waals surface area contributed by atoms with E-state index in [1.165, 1.54) is 44.0 Å². The average molecular weight is 556 g/mol. The lowest BCUT2D eigenvalue weighted by atomic mass is 9.73. The van der Waals surface area contributed by atoms with Gasteiger partial charge in [0.2, 0.25) is 0 Å². The minimum absolute atomic E-state index is 0.0535. The number of rotatable bonds is 6. The van der Waals surface area contributed by atoms with Crippen LogP contribution in [0.4, 0.5) is 0 Å². The molecule has 3 aromatic rings. The molecule has 2 bridgehead atoms. The van der Waals surface area contributed by atoms with E-state index in [4.69, 9.17) is 0 Å². The molecule has 0 saturated heterocycles. The summed E-state index contributed by atoms with van der Waals surface area (Å²) >= 11 is 0. The number of hydrogen-bond donors (Lipinski definition) is 1. The van der Waals surface area contributed by atoms with Crippen LogP contribution in [0, 0.1) is 5.41 Å². The van der Waals surface area contributed by atoms with Gasteiger partial charge in [0.15, 0.2) is 0 Å². The fraction of sp³-hybridized carbons (Fsp3) is 0.371. The molecule has 0 saturated carbocycles. The molecule has 2 aliphatic heterocycles. The van der Waals surface area contributed by atoms with Crippen molar-refractivity contribution in [2.24, 2.45) is 5.41 Å². The summed E-state index contributed by atoms with van der Waals surface area (Å²) in [6.07, 6.45) is 1.11. The number of hydrogen-bond acceptors (Lipinski definition) is 1. The van der Waals surface area contributed by atoms with Gasteiger partial charge in [-0.2, -0.15) is 0 Å². The molecule has 1 N–H and O–H groups in total. The van der Waals surface area contributed by atoms with Gasteiger partial charge in [-0.1, -0.05) is 118 Å². The fourth-order valence-electron chi connectivity index (χ4n) is 5.95. The van der Waals surface area contributed by atoms with Gasteiger partial charge in [-0.3, -0.25) is 0 Å². The second-order valence-corrected chi connectivity index (χ2v) is 17.3. The van der Waals surface area contributed by atoms with Crippen LogP contribution < -0.4 is 4.72 Å². The van der Waals surface area contributed by atoms with Crippen molar-refractivity contribution in [1.29, 1.82) is 0 Å². The number of benzene rings is 3. The van der Waals surface area contributed by atoms with Crippen LogP contribution in [0.15, 0.2) is 95.8 Å². The van der Waals surface area contributed by atoms with Crippen LogP contribution in [0.1, 0.15) is 83.7 Å². The molecule has 5 rings (SSSR count). The highest BCUT2D eigenvalue weighted by molar-refractivity contribution is 7.84. The predicted molar refractivity (Wildman–Crippen MR) is 171 cm³/mol. The third kappa shape index (κ3) is 5.15.